The zero-order chi connectivity index (χ0) is 10.1. The van der Waals surface area contributed by atoms with E-state index in [1.165, 1.54) is 22.3 Å². The summed E-state index contributed by atoms with van der Waals surface area (Å²) in [5, 5.41) is 0. The van der Waals surface area contributed by atoms with Gasteiger partial charge in [-0.3, -0.25) is 4.99 Å². The Kier molecular flexibility index (Phi) is 2.38. The molecule has 74 valence electrons. The van der Waals surface area contributed by atoms with Gasteiger partial charge in [0.25, 0.3) is 0 Å². The Morgan fingerprint density at radius 3 is 2.71 bits per heavy atom. The zero-order valence-electron chi connectivity index (χ0n) is 8.92. The van der Waals surface area contributed by atoms with Gasteiger partial charge >= 0.3 is 0 Å². The second-order valence-electron chi connectivity index (χ2n) is 3.70. The summed E-state index contributed by atoms with van der Waals surface area (Å²) in [5.74, 6) is 0. The molecule has 1 aromatic carbocycles. The quantitative estimate of drug-likeness (QED) is 0.613. The van der Waals surface area contributed by atoms with E-state index in [1.807, 2.05) is 7.05 Å². The van der Waals surface area contributed by atoms with Gasteiger partial charge in [0, 0.05) is 12.6 Å². The summed E-state index contributed by atoms with van der Waals surface area (Å²) < 4.78 is 5.46. The number of benzene rings is 1. The maximum atomic E-state index is 5.46. The lowest BCUT2D eigenvalue weighted by molar-refractivity contribution is 0.152. The van der Waals surface area contributed by atoms with Crippen LogP contribution in [0.2, 0.25) is 0 Å². The number of hydrogen-bond acceptors (Lipinski definition) is 2. The highest BCUT2D eigenvalue weighted by Crippen LogP contribution is 2.23. The number of aryl methyl sites for hydroxylation is 1. The molecule has 14 heavy (non-hydrogen) atoms. The Bertz CT molecular complexity index is 394. The molecule has 1 aliphatic rings. The van der Waals surface area contributed by atoms with Crippen molar-refractivity contribution in [3.63, 3.8) is 0 Å². The average molecular weight is 189 g/mol. The molecule has 0 radical (unpaired) electrons. The third-order valence-electron chi connectivity index (χ3n) is 2.88. The molecule has 0 bridgehead atoms. The van der Waals surface area contributed by atoms with Crippen LogP contribution in [0.15, 0.2) is 17.1 Å². The first kappa shape index (κ1) is 9.41. The van der Waals surface area contributed by atoms with Crippen molar-refractivity contribution in [1.82, 2.24) is 0 Å². The second kappa shape index (κ2) is 3.54. The second-order valence-corrected chi connectivity index (χ2v) is 3.70. The van der Waals surface area contributed by atoms with Crippen molar-refractivity contribution in [2.24, 2.45) is 4.99 Å². The van der Waals surface area contributed by atoms with Gasteiger partial charge < -0.3 is 4.74 Å². The molecule has 0 unspecified atom stereocenters. The molecule has 0 amide bonds. The van der Waals surface area contributed by atoms with Crippen LogP contribution in [-0.2, 0) is 11.3 Å². The Hall–Kier alpha value is -1.15. The summed E-state index contributed by atoms with van der Waals surface area (Å²) in [6, 6.07) is 4.29. The van der Waals surface area contributed by atoms with Gasteiger partial charge in [0.05, 0.1) is 18.9 Å². The molecule has 0 atom stereocenters. The third kappa shape index (κ3) is 1.36. The van der Waals surface area contributed by atoms with E-state index in [0.29, 0.717) is 6.61 Å². The van der Waals surface area contributed by atoms with Crippen molar-refractivity contribution in [2.45, 2.75) is 20.5 Å². The van der Waals surface area contributed by atoms with Gasteiger partial charge in [-0.25, -0.2) is 0 Å². The number of aliphatic imine (C=N–C) groups is 1. The number of hydrogen-bond donors (Lipinski definition) is 0. The molecule has 0 aliphatic carbocycles. The Balaban J connectivity index is 2.65. The molecule has 2 heteroatoms. The van der Waals surface area contributed by atoms with Gasteiger partial charge in [0.15, 0.2) is 0 Å². The lowest BCUT2D eigenvalue weighted by atomic mass is 9.93. The summed E-state index contributed by atoms with van der Waals surface area (Å²) in [6.45, 7) is 5.66. The van der Waals surface area contributed by atoms with Crippen molar-refractivity contribution >= 4 is 5.71 Å². The first-order valence-electron chi connectivity index (χ1n) is 4.87. The summed E-state index contributed by atoms with van der Waals surface area (Å²) >= 11 is 0. The maximum Gasteiger partial charge on any atom is 0.0894 e. The van der Waals surface area contributed by atoms with E-state index in [-0.39, 0.29) is 0 Å². The molecule has 1 aliphatic heterocycles. The predicted octanol–water partition coefficient (Wildman–Crippen LogP) is 2.25. The number of fused-ring (bicyclic) bond motifs is 1. The van der Waals surface area contributed by atoms with Crippen LogP contribution in [0, 0.1) is 13.8 Å². The number of rotatable bonds is 0. The van der Waals surface area contributed by atoms with Crippen molar-refractivity contribution in [3.05, 3.63) is 34.4 Å². The lowest BCUT2D eigenvalue weighted by Crippen LogP contribution is -2.20. The summed E-state index contributed by atoms with van der Waals surface area (Å²) in [4.78, 5) is 4.28. The molecule has 1 heterocycles. The number of ether oxygens (including phenoxy) is 1. The van der Waals surface area contributed by atoms with Crippen molar-refractivity contribution in [2.75, 3.05) is 13.7 Å². The van der Waals surface area contributed by atoms with Crippen LogP contribution in [0.5, 0.6) is 0 Å². The molecule has 0 spiro atoms. The van der Waals surface area contributed by atoms with Crippen LogP contribution < -0.4 is 0 Å². The molecule has 0 saturated heterocycles. The molecule has 2 nitrogen and oxygen atoms in total. The van der Waals surface area contributed by atoms with Crippen LogP contribution in [0.3, 0.4) is 0 Å². The van der Waals surface area contributed by atoms with Gasteiger partial charge in [-0.05, 0) is 30.5 Å². The predicted molar refractivity (Wildman–Crippen MR) is 58.0 cm³/mol. The molecule has 2 rings (SSSR count). The van der Waals surface area contributed by atoms with Crippen molar-refractivity contribution in [3.8, 4) is 0 Å². The van der Waals surface area contributed by atoms with Crippen LogP contribution in [0.4, 0.5) is 0 Å². The van der Waals surface area contributed by atoms with Gasteiger partial charge in [0.2, 0.25) is 0 Å². The largest absolute Gasteiger partial charge is 0.370 e. The van der Waals surface area contributed by atoms with Crippen LogP contribution in [0.1, 0.15) is 22.3 Å². The minimum absolute atomic E-state index is 0.647. The van der Waals surface area contributed by atoms with Crippen molar-refractivity contribution < 1.29 is 4.74 Å². The lowest BCUT2D eigenvalue weighted by Gasteiger charge is -2.21. The highest BCUT2D eigenvalue weighted by molar-refractivity contribution is 6.04. The maximum absolute atomic E-state index is 5.46. The molecular formula is C12H15NO. The molecule has 0 fully saturated rings. The minimum Gasteiger partial charge on any atom is -0.370 e. The van der Waals surface area contributed by atoms with E-state index in [9.17, 15) is 0 Å². The highest BCUT2D eigenvalue weighted by Gasteiger charge is 2.17. The van der Waals surface area contributed by atoms with E-state index in [1.54, 1.807) is 0 Å². The fourth-order valence-corrected chi connectivity index (χ4v) is 1.90. The van der Waals surface area contributed by atoms with Gasteiger partial charge in [0.1, 0.15) is 0 Å². The fourth-order valence-electron chi connectivity index (χ4n) is 1.90. The molecule has 0 aromatic heterocycles. The van der Waals surface area contributed by atoms with Crippen LogP contribution >= 0.6 is 0 Å². The summed E-state index contributed by atoms with van der Waals surface area (Å²) in [7, 11) is 1.83. The first-order chi connectivity index (χ1) is 6.74. The molecular weight excluding hydrogens is 174 g/mol. The van der Waals surface area contributed by atoms with Crippen LogP contribution in [0.25, 0.3) is 0 Å². The first-order valence-corrected chi connectivity index (χ1v) is 4.87. The van der Waals surface area contributed by atoms with Crippen LogP contribution in [-0.4, -0.2) is 19.4 Å². The highest BCUT2D eigenvalue weighted by atomic mass is 16.5. The van der Waals surface area contributed by atoms with Crippen molar-refractivity contribution in [1.29, 1.82) is 0 Å². The fraction of sp³-hybridized carbons (Fsp3) is 0.417. The third-order valence-corrected chi connectivity index (χ3v) is 2.88. The van der Waals surface area contributed by atoms with E-state index < -0.39 is 0 Å². The van der Waals surface area contributed by atoms with Gasteiger partial charge in [-0.2, -0.15) is 0 Å². The summed E-state index contributed by atoms with van der Waals surface area (Å²) in [5.41, 5.74) is 6.31. The monoisotopic (exact) mass is 189 g/mol. The molecule has 0 N–H and O–H groups in total. The number of nitrogens with zero attached hydrogens (tertiary/aromatic N) is 1. The Morgan fingerprint density at radius 2 is 2.00 bits per heavy atom. The Morgan fingerprint density at radius 1 is 1.21 bits per heavy atom. The van der Waals surface area contributed by atoms with Gasteiger partial charge in [-0.15, -0.1) is 0 Å². The zero-order valence-corrected chi connectivity index (χ0v) is 8.92. The van der Waals surface area contributed by atoms with E-state index in [0.717, 1.165) is 12.3 Å². The normalized spacial score (nSPS) is 18.4. The van der Waals surface area contributed by atoms with E-state index in [2.05, 4.69) is 31.0 Å². The SMILES string of the molecule is C/N=C1\COCc2ccc(C)c(C)c21. The standard InChI is InChI=1S/C12H15NO/c1-8-4-5-10-6-14-7-11(13-3)12(10)9(8)2/h4-5H,6-7H2,1-3H3/b13-11+. The average Bonchev–Trinajstić information content (AvgIpc) is 2.23. The van der Waals surface area contributed by atoms with E-state index >= 15 is 0 Å². The minimum atomic E-state index is 0.647. The Labute approximate surface area is 84.6 Å². The van der Waals surface area contributed by atoms with Gasteiger partial charge in [-0.1, -0.05) is 12.1 Å². The molecule has 1 aromatic rings. The topological polar surface area (TPSA) is 21.6 Å². The molecule has 0 saturated carbocycles. The summed E-state index contributed by atoms with van der Waals surface area (Å²) in [6.07, 6.45) is 0. The van der Waals surface area contributed by atoms with E-state index in [4.69, 9.17) is 4.74 Å². The smallest absolute Gasteiger partial charge is 0.0894 e.